The molecule has 16 heavy (non-hydrogen) atoms. The standard InChI is InChI=1S/C13H13N3/c1-10-6-5-9-12(15-10)16-13(14)11-7-3-2-4-8-11/h2-9H,1H3,(H2,14,15,16). The van der Waals surface area contributed by atoms with Gasteiger partial charge in [0.05, 0.1) is 0 Å². The van der Waals surface area contributed by atoms with E-state index >= 15 is 0 Å². The molecular weight excluding hydrogens is 198 g/mol. The van der Waals surface area contributed by atoms with Crippen LogP contribution in [0.4, 0.5) is 5.82 Å². The summed E-state index contributed by atoms with van der Waals surface area (Å²) in [4.78, 5) is 8.54. The lowest BCUT2D eigenvalue weighted by Crippen LogP contribution is -2.12. The summed E-state index contributed by atoms with van der Waals surface area (Å²) in [6.45, 7) is 1.93. The molecule has 3 nitrogen and oxygen atoms in total. The van der Waals surface area contributed by atoms with E-state index < -0.39 is 0 Å². The maximum atomic E-state index is 5.89. The summed E-state index contributed by atoms with van der Waals surface area (Å²) >= 11 is 0. The monoisotopic (exact) mass is 211 g/mol. The molecule has 80 valence electrons. The molecule has 2 aromatic rings. The zero-order valence-corrected chi connectivity index (χ0v) is 9.09. The number of aliphatic imine (C=N–C) groups is 1. The highest BCUT2D eigenvalue weighted by molar-refractivity contribution is 5.98. The van der Waals surface area contributed by atoms with Gasteiger partial charge in [-0.1, -0.05) is 36.4 Å². The van der Waals surface area contributed by atoms with Gasteiger partial charge in [-0.15, -0.1) is 0 Å². The van der Waals surface area contributed by atoms with Crippen LogP contribution in [0, 0.1) is 6.92 Å². The highest BCUT2D eigenvalue weighted by Crippen LogP contribution is 2.09. The number of amidine groups is 1. The van der Waals surface area contributed by atoms with Crippen LogP contribution in [0.5, 0.6) is 0 Å². The molecule has 1 heterocycles. The molecule has 0 saturated heterocycles. The van der Waals surface area contributed by atoms with E-state index in [9.17, 15) is 0 Å². The Morgan fingerprint density at radius 2 is 1.81 bits per heavy atom. The molecule has 0 fully saturated rings. The molecule has 0 atom stereocenters. The van der Waals surface area contributed by atoms with E-state index in [1.807, 2.05) is 55.5 Å². The summed E-state index contributed by atoms with van der Waals surface area (Å²) in [6.07, 6.45) is 0. The van der Waals surface area contributed by atoms with Crippen LogP contribution in [0.3, 0.4) is 0 Å². The lowest BCUT2D eigenvalue weighted by Gasteiger charge is -2.00. The van der Waals surface area contributed by atoms with Gasteiger partial charge in [0.15, 0.2) is 5.82 Å². The normalized spacial score (nSPS) is 11.4. The number of benzene rings is 1. The van der Waals surface area contributed by atoms with E-state index in [0.29, 0.717) is 11.7 Å². The van der Waals surface area contributed by atoms with E-state index in [4.69, 9.17) is 5.73 Å². The van der Waals surface area contributed by atoms with Gasteiger partial charge in [0, 0.05) is 11.3 Å². The Labute approximate surface area is 94.7 Å². The molecule has 0 aliphatic heterocycles. The minimum atomic E-state index is 0.485. The van der Waals surface area contributed by atoms with Crippen molar-refractivity contribution in [3.8, 4) is 0 Å². The van der Waals surface area contributed by atoms with Crippen molar-refractivity contribution in [1.82, 2.24) is 4.98 Å². The molecule has 0 saturated carbocycles. The Hall–Kier alpha value is -2.16. The highest BCUT2D eigenvalue weighted by Gasteiger charge is 1.98. The van der Waals surface area contributed by atoms with Crippen molar-refractivity contribution >= 4 is 11.7 Å². The van der Waals surface area contributed by atoms with Gasteiger partial charge in [-0.25, -0.2) is 9.98 Å². The lowest BCUT2D eigenvalue weighted by molar-refractivity contribution is 1.17. The summed E-state index contributed by atoms with van der Waals surface area (Å²) in [7, 11) is 0. The fourth-order valence-electron chi connectivity index (χ4n) is 1.39. The van der Waals surface area contributed by atoms with Crippen molar-refractivity contribution in [2.24, 2.45) is 10.7 Å². The minimum absolute atomic E-state index is 0.485. The second kappa shape index (κ2) is 4.57. The van der Waals surface area contributed by atoms with Gasteiger partial charge < -0.3 is 5.73 Å². The summed E-state index contributed by atoms with van der Waals surface area (Å²) in [5.74, 6) is 1.13. The number of aryl methyl sites for hydroxylation is 1. The molecule has 0 aliphatic rings. The fourth-order valence-corrected chi connectivity index (χ4v) is 1.39. The van der Waals surface area contributed by atoms with E-state index in [0.717, 1.165) is 11.3 Å². The number of nitrogens with two attached hydrogens (primary N) is 1. The topological polar surface area (TPSA) is 51.3 Å². The fraction of sp³-hybridized carbons (Fsp3) is 0.0769. The molecule has 0 unspecified atom stereocenters. The Morgan fingerprint density at radius 3 is 2.50 bits per heavy atom. The molecule has 1 aromatic carbocycles. The first kappa shape index (κ1) is 10.4. The Kier molecular flexibility index (Phi) is 2.96. The van der Waals surface area contributed by atoms with Crippen LogP contribution >= 0.6 is 0 Å². The van der Waals surface area contributed by atoms with Crippen molar-refractivity contribution in [3.63, 3.8) is 0 Å². The second-order valence-corrected chi connectivity index (χ2v) is 3.50. The van der Waals surface area contributed by atoms with E-state index in [-0.39, 0.29) is 0 Å². The number of nitrogens with zero attached hydrogens (tertiary/aromatic N) is 2. The summed E-state index contributed by atoms with van der Waals surface area (Å²) < 4.78 is 0. The van der Waals surface area contributed by atoms with Crippen LogP contribution < -0.4 is 5.73 Å². The number of hydrogen-bond acceptors (Lipinski definition) is 2. The SMILES string of the molecule is Cc1cccc(/N=C(\N)c2ccccc2)n1. The molecule has 2 rings (SSSR count). The molecule has 3 heteroatoms. The molecule has 0 amide bonds. The third-order valence-corrected chi connectivity index (χ3v) is 2.18. The smallest absolute Gasteiger partial charge is 0.154 e. The first-order chi connectivity index (χ1) is 7.75. The van der Waals surface area contributed by atoms with Crippen LogP contribution in [0.15, 0.2) is 53.5 Å². The summed E-state index contributed by atoms with van der Waals surface area (Å²) in [6, 6.07) is 15.3. The predicted octanol–water partition coefficient (Wildman–Crippen LogP) is 2.43. The molecule has 2 N–H and O–H groups in total. The van der Waals surface area contributed by atoms with Gasteiger partial charge >= 0.3 is 0 Å². The third-order valence-electron chi connectivity index (χ3n) is 2.18. The average molecular weight is 211 g/mol. The van der Waals surface area contributed by atoms with Gasteiger partial charge in [0.2, 0.25) is 0 Å². The first-order valence-corrected chi connectivity index (χ1v) is 5.09. The average Bonchev–Trinajstić information content (AvgIpc) is 2.30. The number of pyridine rings is 1. The van der Waals surface area contributed by atoms with Crippen LogP contribution in [0.2, 0.25) is 0 Å². The highest BCUT2D eigenvalue weighted by atomic mass is 15.0. The number of rotatable bonds is 2. The first-order valence-electron chi connectivity index (χ1n) is 5.09. The number of aromatic nitrogens is 1. The summed E-state index contributed by atoms with van der Waals surface area (Å²) in [5, 5.41) is 0. The van der Waals surface area contributed by atoms with Crippen LogP contribution in [0.25, 0.3) is 0 Å². The Morgan fingerprint density at radius 1 is 1.06 bits per heavy atom. The van der Waals surface area contributed by atoms with Crippen molar-refractivity contribution in [2.45, 2.75) is 6.92 Å². The van der Waals surface area contributed by atoms with Gasteiger partial charge in [-0.3, -0.25) is 0 Å². The van der Waals surface area contributed by atoms with Crippen molar-refractivity contribution in [2.75, 3.05) is 0 Å². The van der Waals surface area contributed by atoms with Crippen molar-refractivity contribution in [3.05, 3.63) is 59.8 Å². The van der Waals surface area contributed by atoms with Gasteiger partial charge in [0.1, 0.15) is 5.84 Å². The molecule has 1 aromatic heterocycles. The maximum absolute atomic E-state index is 5.89. The van der Waals surface area contributed by atoms with Crippen molar-refractivity contribution in [1.29, 1.82) is 0 Å². The van der Waals surface area contributed by atoms with E-state index in [1.165, 1.54) is 0 Å². The van der Waals surface area contributed by atoms with Gasteiger partial charge in [-0.2, -0.15) is 0 Å². The predicted molar refractivity (Wildman–Crippen MR) is 65.8 cm³/mol. The molecule has 0 aliphatic carbocycles. The quantitative estimate of drug-likeness (QED) is 0.612. The number of hydrogen-bond donors (Lipinski definition) is 1. The van der Waals surface area contributed by atoms with Gasteiger partial charge in [-0.05, 0) is 19.1 Å². The van der Waals surface area contributed by atoms with E-state index in [2.05, 4.69) is 9.98 Å². The van der Waals surface area contributed by atoms with Crippen LogP contribution in [0.1, 0.15) is 11.3 Å². The largest absolute Gasteiger partial charge is 0.383 e. The van der Waals surface area contributed by atoms with Crippen LogP contribution in [-0.4, -0.2) is 10.8 Å². The Bertz CT molecular complexity index is 504. The van der Waals surface area contributed by atoms with Crippen molar-refractivity contribution < 1.29 is 0 Å². The molecular formula is C13H13N3. The Balaban J connectivity index is 2.32. The molecule has 0 radical (unpaired) electrons. The maximum Gasteiger partial charge on any atom is 0.154 e. The second-order valence-electron chi connectivity index (χ2n) is 3.50. The zero-order valence-electron chi connectivity index (χ0n) is 9.09. The minimum Gasteiger partial charge on any atom is -0.383 e. The zero-order chi connectivity index (χ0) is 11.4. The summed E-state index contributed by atoms with van der Waals surface area (Å²) in [5.41, 5.74) is 7.73. The van der Waals surface area contributed by atoms with Gasteiger partial charge in [0.25, 0.3) is 0 Å². The molecule has 0 bridgehead atoms. The third kappa shape index (κ3) is 2.45. The lowest BCUT2D eigenvalue weighted by atomic mass is 10.2. The molecule has 0 spiro atoms. The van der Waals surface area contributed by atoms with E-state index in [1.54, 1.807) is 0 Å². The van der Waals surface area contributed by atoms with Crippen LogP contribution in [-0.2, 0) is 0 Å².